The first-order chi connectivity index (χ1) is 11.7. The lowest BCUT2D eigenvalue weighted by molar-refractivity contribution is -0.122. The van der Waals surface area contributed by atoms with Crippen molar-refractivity contribution in [1.29, 1.82) is 0 Å². The molecule has 1 atom stereocenters. The van der Waals surface area contributed by atoms with Gasteiger partial charge in [-0.3, -0.25) is 4.79 Å². The van der Waals surface area contributed by atoms with Crippen molar-refractivity contribution in [2.24, 2.45) is 0 Å². The Kier molecular flexibility index (Phi) is 6.19. The second-order valence-corrected chi connectivity index (χ2v) is 8.12. The van der Waals surface area contributed by atoms with Crippen LogP contribution < -0.4 is 10.6 Å². The van der Waals surface area contributed by atoms with Gasteiger partial charge in [0.2, 0.25) is 5.91 Å². The Balaban J connectivity index is 1.61. The molecule has 0 unspecified atom stereocenters. The molecule has 2 aliphatic rings. The van der Waals surface area contributed by atoms with Gasteiger partial charge in [-0.15, -0.1) is 0 Å². The van der Waals surface area contributed by atoms with Gasteiger partial charge in [0.15, 0.2) is 0 Å². The Hall–Kier alpha value is -1.04. The van der Waals surface area contributed by atoms with E-state index in [1.807, 2.05) is 11.8 Å². The van der Waals surface area contributed by atoms with Crippen molar-refractivity contribution in [3.8, 4) is 0 Å². The highest BCUT2D eigenvalue weighted by Crippen LogP contribution is 2.34. The summed E-state index contributed by atoms with van der Waals surface area (Å²) in [7, 11) is 0. The molecule has 3 rings (SSSR count). The van der Waals surface area contributed by atoms with Crippen LogP contribution in [0, 0.1) is 6.92 Å². The van der Waals surface area contributed by atoms with Crippen molar-refractivity contribution in [2.45, 2.75) is 37.6 Å². The van der Waals surface area contributed by atoms with E-state index in [2.05, 4.69) is 41.8 Å². The lowest BCUT2D eigenvalue weighted by atomic mass is 9.74. The molecule has 1 aromatic rings. The van der Waals surface area contributed by atoms with Gasteiger partial charge in [0.1, 0.15) is 0 Å². The summed E-state index contributed by atoms with van der Waals surface area (Å²) in [6, 6.07) is 9.07. The summed E-state index contributed by atoms with van der Waals surface area (Å²) in [6.07, 6.45) is 2.51. The van der Waals surface area contributed by atoms with Gasteiger partial charge in [0, 0.05) is 55.7 Å². The first-order valence-electron chi connectivity index (χ1n) is 8.91. The van der Waals surface area contributed by atoms with Crippen LogP contribution in [-0.2, 0) is 14.9 Å². The molecule has 2 fully saturated rings. The molecule has 0 aromatic heterocycles. The van der Waals surface area contributed by atoms with E-state index in [4.69, 9.17) is 4.74 Å². The van der Waals surface area contributed by atoms with Gasteiger partial charge in [-0.2, -0.15) is 11.8 Å². The van der Waals surface area contributed by atoms with E-state index in [-0.39, 0.29) is 11.3 Å². The molecule has 2 aliphatic heterocycles. The number of nitrogens with one attached hydrogen (secondary N) is 2. The Labute approximate surface area is 149 Å². The molecular weight excluding hydrogens is 320 g/mol. The fourth-order valence-corrected chi connectivity index (χ4v) is 4.50. The van der Waals surface area contributed by atoms with E-state index in [9.17, 15) is 4.79 Å². The third kappa shape index (κ3) is 4.52. The molecule has 0 radical (unpaired) electrons. The average Bonchev–Trinajstić information content (AvgIpc) is 2.62. The summed E-state index contributed by atoms with van der Waals surface area (Å²) >= 11 is 1.93. The highest BCUT2D eigenvalue weighted by molar-refractivity contribution is 7.99. The van der Waals surface area contributed by atoms with E-state index in [1.165, 1.54) is 11.1 Å². The van der Waals surface area contributed by atoms with Crippen LogP contribution in [0.5, 0.6) is 0 Å². The van der Waals surface area contributed by atoms with Crippen molar-refractivity contribution in [1.82, 2.24) is 10.6 Å². The van der Waals surface area contributed by atoms with Crippen LogP contribution in [0.15, 0.2) is 24.3 Å². The number of rotatable bonds is 5. The number of hydrogen-bond acceptors (Lipinski definition) is 4. The Morgan fingerprint density at radius 2 is 2.08 bits per heavy atom. The molecule has 2 N–H and O–H groups in total. The Bertz CT molecular complexity index is 535. The number of amides is 1. The minimum atomic E-state index is 0.0103. The summed E-state index contributed by atoms with van der Waals surface area (Å²) in [6.45, 7) is 5.36. The Morgan fingerprint density at radius 3 is 2.75 bits per heavy atom. The third-order valence-electron chi connectivity index (χ3n) is 5.17. The molecule has 0 saturated carbocycles. The number of thioether (sulfide) groups is 1. The number of ether oxygens (including phenoxy) is 1. The normalized spacial score (nSPS) is 23.6. The molecule has 2 saturated heterocycles. The van der Waals surface area contributed by atoms with Gasteiger partial charge in [0.25, 0.3) is 0 Å². The minimum Gasteiger partial charge on any atom is -0.381 e. The number of carbonyl (C=O) groups is 1. The van der Waals surface area contributed by atoms with Crippen LogP contribution in [0.2, 0.25) is 0 Å². The maximum absolute atomic E-state index is 12.4. The zero-order valence-corrected chi connectivity index (χ0v) is 15.3. The largest absolute Gasteiger partial charge is 0.381 e. The maximum Gasteiger partial charge on any atom is 0.221 e. The predicted octanol–water partition coefficient (Wildman–Crippen LogP) is 2.25. The standard InChI is InChI=1S/C19H28N2O2S/c1-15-2-4-16(5-3-15)19(6-9-23-10-7-19)14-21-18(22)12-17-13-24-11-8-20-17/h2-5,17,20H,6-14H2,1H3,(H,21,22)/t17-/m1/s1. The number of benzene rings is 1. The molecule has 4 nitrogen and oxygen atoms in total. The van der Waals surface area contributed by atoms with E-state index in [0.717, 1.165) is 44.1 Å². The summed E-state index contributed by atoms with van der Waals surface area (Å²) in [5, 5.41) is 6.64. The van der Waals surface area contributed by atoms with E-state index in [1.54, 1.807) is 0 Å². The van der Waals surface area contributed by atoms with E-state index >= 15 is 0 Å². The van der Waals surface area contributed by atoms with Gasteiger partial charge < -0.3 is 15.4 Å². The predicted molar refractivity (Wildman–Crippen MR) is 99.7 cm³/mol. The zero-order chi connectivity index (χ0) is 16.8. The van der Waals surface area contributed by atoms with Crippen LogP contribution in [0.4, 0.5) is 0 Å². The van der Waals surface area contributed by atoms with Crippen molar-refractivity contribution in [3.63, 3.8) is 0 Å². The molecule has 0 aliphatic carbocycles. The molecule has 2 heterocycles. The summed E-state index contributed by atoms with van der Waals surface area (Å²) in [4.78, 5) is 12.4. The number of hydrogen-bond donors (Lipinski definition) is 2. The lowest BCUT2D eigenvalue weighted by Crippen LogP contribution is -2.47. The smallest absolute Gasteiger partial charge is 0.221 e. The molecule has 0 spiro atoms. The fraction of sp³-hybridized carbons (Fsp3) is 0.632. The van der Waals surface area contributed by atoms with Gasteiger partial charge >= 0.3 is 0 Å². The molecule has 5 heteroatoms. The van der Waals surface area contributed by atoms with Crippen molar-refractivity contribution in [2.75, 3.05) is 37.8 Å². The van der Waals surface area contributed by atoms with Crippen LogP contribution in [-0.4, -0.2) is 49.8 Å². The minimum absolute atomic E-state index is 0.0103. The van der Waals surface area contributed by atoms with Crippen molar-refractivity contribution >= 4 is 17.7 Å². The highest BCUT2D eigenvalue weighted by Gasteiger charge is 2.35. The SMILES string of the molecule is Cc1ccc(C2(CNC(=O)C[C@@H]3CSCCN3)CCOCC2)cc1. The molecule has 1 amide bonds. The van der Waals surface area contributed by atoms with Gasteiger partial charge in [-0.25, -0.2) is 0 Å². The fourth-order valence-electron chi connectivity index (χ4n) is 3.55. The second-order valence-electron chi connectivity index (χ2n) is 6.97. The zero-order valence-electron chi connectivity index (χ0n) is 14.5. The molecular formula is C19H28N2O2S. The first kappa shape index (κ1) is 17.8. The van der Waals surface area contributed by atoms with Crippen LogP contribution in [0.3, 0.4) is 0 Å². The van der Waals surface area contributed by atoms with Gasteiger partial charge in [-0.1, -0.05) is 29.8 Å². The van der Waals surface area contributed by atoms with E-state index < -0.39 is 0 Å². The quantitative estimate of drug-likeness (QED) is 0.857. The summed E-state index contributed by atoms with van der Waals surface area (Å²) < 4.78 is 5.57. The Morgan fingerprint density at radius 1 is 1.33 bits per heavy atom. The molecule has 132 valence electrons. The molecule has 0 bridgehead atoms. The van der Waals surface area contributed by atoms with Gasteiger partial charge in [-0.05, 0) is 25.3 Å². The van der Waals surface area contributed by atoms with Gasteiger partial charge in [0.05, 0.1) is 0 Å². The highest BCUT2D eigenvalue weighted by atomic mass is 32.2. The van der Waals surface area contributed by atoms with Crippen LogP contribution in [0.25, 0.3) is 0 Å². The van der Waals surface area contributed by atoms with Crippen molar-refractivity contribution in [3.05, 3.63) is 35.4 Å². The van der Waals surface area contributed by atoms with E-state index in [0.29, 0.717) is 19.0 Å². The lowest BCUT2D eigenvalue weighted by Gasteiger charge is -2.38. The second kappa shape index (κ2) is 8.37. The average molecular weight is 349 g/mol. The first-order valence-corrected chi connectivity index (χ1v) is 10.1. The van der Waals surface area contributed by atoms with Crippen LogP contribution in [0.1, 0.15) is 30.4 Å². The number of aryl methyl sites for hydroxylation is 1. The third-order valence-corrected chi connectivity index (χ3v) is 6.30. The monoisotopic (exact) mass is 348 g/mol. The van der Waals surface area contributed by atoms with Crippen LogP contribution >= 0.6 is 11.8 Å². The number of carbonyl (C=O) groups excluding carboxylic acids is 1. The van der Waals surface area contributed by atoms with Crippen molar-refractivity contribution < 1.29 is 9.53 Å². The summed E-state index contributed by atoms with van der Waals surface area (Å²) in [5.41, 5.74) is 2.60. The summed E-state index contributed by atoms with van der Waals surface area (Å²) in [5.74, 6) is 2.34. The maximum atomic E-state index is 12.4. The molecule has 1 aromatic carbocycles. The molecule has 24 heavy (non-hydrogen) atoms. The topological polar surface area (TPSA) is 50.4 Å².